The van der Waals surface area contributed by atoms with Crippen molar-refractivity contribution in [1.82, 2.24) is 19.7 Å². The zero-order valence-corrected chi connectivity index (χ0v) is 19.9. The molecule has 1 amide bonds. The van der Waals surface area contributed by atoms with Gasteiger partial charge in [0.15, 0.2) is 0 Å². The Balaban J connectivity index is 2.12. The molecule has 0 radical (unpaired) electrons. The minimum atomic E-state index is -0.730. The number of benzene rings is 1. The number of carbonyl (C=O) groups is 2. The molecular weight excluding hydrogens is 434 g/mol. The van der Waals surface area contributed by atoms with Gasteiger partial charge in [0.25, 0.3) is 0 Å². The predicted molar refractivity (Wildman–Crippen MR) is 122 cm³/mol. The summed E-state index contributed by atoms with van der Waals surface area (Å²) in [5, 5.41) is 4.80. The Hall–Kier alpha value is -3.20. The third-order valence-electron chi connectivity index (χ3n) is 4.11. The van der Waals surface area contributed by atoms with Gasteiger partial charge in [-0.15, -0.1) is 0 Å². The van der Waals surface area contributed by atoms with Crippen LogP contribution in [0.4, 0.5) is 21.1 Å². The van der Waals surface area contributed by atoms with Crippen LogP contribution in [-0.4, -0.2) is 43.1 Å². The smallest absolute Gasteiger partial charge is 0.435 e. The lowest BCUT2D eigenvalue weighted by molar-refractivity contribution is 0.0521. The second kappa shape index (κ2) is 8.38. The number of rotatable bonds is 2. The molecule has 170 valence electrons. The van der Waals surface area contributed by atoms with Gasteiger partial charge in [-0.25, -0.2) is 19.5 Å². The maximum atomic E-state index is 13.1. The van der Waals surface area contributed by atoms with Crippen LogP contribution in [0.3, 0.4) is 0 Å². The molecule has 2 aromatic heterocycles. The molecule has 0 bridgehead atoms. The quantitative estimate of drug-likeness (QED) is 0.457. The summed E-state index contributed by atoms with van der Waals surface area (Å²) in [5.41, 5.74) is 0.342. The fourth-order valence-corrected chi connectivity index (χ4v) is 3.07. The lowest BCUT2D eigenvalue weighted by Gasteiger charge is -2.28. The molecule has 0 atom stereocenters. The summed E-state index contributed by atoms with van der Waals surface area (Å²) in [7, 11) is 0. The van der Waals surface area contributed by atoms with E-state index in [1.807, 2.05) is 0 Å². The third-order valence-corrected chi connectivity index (χ3v) is 4.29. The number of aromatic nitrogens is 4. The van der Waals surface area contributed by atoms with E-state index < -0.39 is 23.4 Å². The highest BCUT2D eigenvalue weighted by atomic mass is 35.5. The van der Waals surface area contributed by atoms with Crippen molar-refractivity contribution in [3.63, 3.8) is 0 Å². The van der Waals surface area contributed by atoms with Crippen LogP contribution in [0.2, 0.25) is 5.28 Å². The van der Waals surface area contributed by atoms with Crippen LogP contribution >= 0.6 is 11.6 Å². The van der Waals surface area contributed by atoms with E-state index in [2.05, 4.69) is 15.1 Å². The number of fused-ring (bicyclic) bond motifs is 1. The molecule has 0 saturated heterocycles. The number of nitrogens with zero attached hydrogens (tertiary/aromatic N) is 5. The Bertz CT molecular complexity index is 1180. The Morgan fingerprint density at radius 1 is 1.06 bits per heavy atom. The molecule has 0 unspecified atom stereocenters. The van der Waals surface area contributed by atoms with Gasteiger partial charge in [-0.05, 0) is 77.8 Å². The molecule has 0 N–H and O–H groups in total. The topological polar surface area (TPSA) is 99.4 Å². The van der Waals surface area contributed by atoms with Crippen molar-refractivity contribution in [2.45, 2.75) is 59.7 Å². The Morgan fingerprint density at radius 3 is 2.31 bits per heavy atom. The maximum Gasteiger partial charge on any atom is 0.435 e. The summed E-state index contributed by atoms with van der Waals surface area (Å²) < 4.78 is 12.2. The fraction of sp³-hybridized carbons (Fsp3) is 0.409. The Kier molecular flexibility index (Phi) is 6.15. The van der Waals surface area contributed by atoms with E-state index in [0.29, 0.717) is 22.2 Å². The Morgan fingerprint density at radius 2 is 1.72 bits per heavy atom. The number of halogens is 1. The SMILES string of the molecule is Cc1cc2c(cnn2C(=O)OC(C)(C)C)cc1N(C(=O)OC(C)(C)C)c1ccnc(Cl)n1. The van der Waals surface area contributed by atoms with Crippen molar-refractivity contribution in [3.8, 4) is 0 Å². The molecule has 0 aliphatic carbocycles. The van der Waals surface area contributed by atoms with Crippen molar-refractivity contribution in [2.24, 2.45) is 0 Å². The standard InChI is InChI=1S/C22H26ClN5O4/c1-13-10-16-14(12-25-28(16)20(30)32-22(5,6)7)11-15(13)27(19(29)31-21(2,3)4)17-8-9-24-18(23)26-17/h8-12H,1-7H3. The largest absolute Gasteiger partial charge is 0.443 e. The number of hydrogen-bond donors (Lipinski definition) is 0. The summed E-state index contributed by atoms with van der Waals surface area (Å²) in [4.78, 5) is 35.1. The predicted octanol–water partition coefficient (Wildman–Crippen LogP) is 5.64. The van der Waals surface area contributed by atoms with Gasteiger partial charge in [0, 0.05) is 17.6 Å². The number of ether oxygens (including phenoxy) is 2. The van der Waals surface area contributed by atoms with Gasteiger partial charge in [0.1, 0.15) is 17.0 Å². The van der Waals surface area contributed by atoms with Crippen molar-refractivity contribution in [2.75, 3.05) is 4.90 Å². The minimum Gasteiger partial charge on any atom is -0.443 e. The molecule has 0 fully saturated rings. The van der Waals surface area contributed by atoms with Crippen molar-refractivity contribution < 1.29 is 19.1 Å². The molecule has 0 aliphatic rings. The van der Waals surface area contributed by atoms with Crippen LogP contribution in [0.15, 0.2) is 30.6 Å². The first-order valence-electron chi connectivity index (χ1n) is 9.98. The molecular formula is C22H26ClN5O4. The van der Waals surface area contributed by atoms with E-state index in [9.17, 15) is 9.59 Å². The average molecular weight is 460 g/mol. The highest BCUT2D eigenvalue weighted by Crippen LogP contribution is 2.33. The van der Waals surface area contributed by atoms with E-state index in [1.165, 1.54) is 22.0 Å². The number of amides is 1. The van der Waals surface area contributed by atoms with E-state index >= 15 is 0 Å². The zero-order valence-electron chi connectivity index (χ0n) is 19.1. The first kappa shape index (κ1) is 23.5. The van der Waals surface area contributed by atoms with E-state index in [-0.39, 0.29) is 11.1 Å². The number of anilines is 2. The lowest BCUT2D eigenvalue weighted by atomic mass is 10.1. The second-order valence-corrected chi connectivity index (χ2v) is 9.57. The first-order valence-corrected chi connectivity index (χ1v) is 10.4. The summed E-state index contributed by atoms with van der Waals surface area (Å²) in [6.07, 6.45) is 1.76. The second-order valence-electron chi connectivity index (χ2n) is 9.23. The summed E-state index contributed by atoms with van der Waals surface area (Å²) >= 11 is 5.97. The van der Waals surface area contributed by atoms with E-state index in [0.717, 1.165) is 0 Å². The van der Waals surface area contributed by atoms with Crippen LogP contribution in [0.5, 0.6) is 0 Å². The molecule has 0 saturated carbocycles. The average Bonchev–Trinajstić information content (AvgIpc) is 3.02. The van der Waals surface area contributed by atoms with Crippen LogP contribution in [0.25, 0.3) is 10.9 Å². The van der Waals surface area contributed by atoms with Gasteiger partial charge in [-0.3, -0.25) is 0 Å². The minimum absolute atomic E-state index is 0.00691. The normalized spacial score (nSPS) is 12.0. The zero-order chi connectivity index (χ0) is 23.8. The molecule has 3 aromatic rings. The summed E-state index contributed by atoms with van der Waals surface area (Å²) in [6.45, 7) is 12.5. The third kappa shape index (κ3) is 5.34. The number of aryl methyl sites for hydroxylation is 1. The van der Waals surface area contributed by atoms with Crippen molar-refractivity contribution in [3.05, 3.63) is 41.4 Å². The molecule has 9 nitrogen and oxygen atoms in total. The molecule has 1 aromatic carbocycles. The lowest BCUT2D eigenvalue weighted by Crippen LogP contribution is -2.34. The highest BCUT2D eigenvalue weighted by Gasteiger charge is 2.28. The van der Waals surface area contributed by atoms with Gasteiger partial charge >= 0.3 is 12.2 Å². The van der Waals surface area contributed by atoms with E-state index in [4.69, 9.17) is 21.1 Å². The number of hydrogen-bond acceptors (Lipinski definition) is 7. The highest BCUT2D eigenvalue weighted by molar-refractivity contribution is 6.28. The monoisotopic (exact) mass is 459 g/mol. The van der Waals surface area contributed by atoms with Gasteiger partial charge in [0.2, 0.25) is 5.28 Å². The van der Waals surface area contributed by atoms with E-state index in [1.54, 1.807) is 66.7 Å². The summed E-state index contributed by atoms with van der Waals surface area (Å²) in [6, 6.07) is 5.05. The van der Waals surface area contributed by atoms with Crippen molar-refractivity contribution in [1.29, 1.82) is 0 Å². The molecule has 3 rings (SSSR count). The number of carbonyl (C=O) groups excluding carboxylic acids is 2. The van der Waals surface area contributed by atoms with Crippen molar-refractivity contribution >= 4 is 46.2 Å². The van der Waals surface area contributed by atoms with Gasteiger partial charge in [0.05, 0.1) is 17.4 Å². The van der Waals surface area contributed by atoms with Crippen LogP contribution in [0.1, 0.15) is 47.1 Å². The van der Waals surface area contributed by atoms with Gasteiger partial charge < -0.3 is 9.47 Å². The molecule has 0 aliphatic heterocycles. The maximum absolute atomic E-state index is 13.1. The van der Waals surface area contributed by atoms with Gasteiger partial charge in [-0.2, -0.15) is 14.8 Å². The van der Waals surface area contributed by atoms with Crippen LogP contribution in [-0.2, 0) is 9.47 Å². The van der Waals surface area contributed by atoms with Crippen LogP contribution in [0, 0.1) is 6.92 Å². The first-order chi connectivity index (χ1) is 14.7. The molecule has 32 heavy (non-hydrogen) atoms. The molecule has 2 heterocycles. The molecule has 0 spiro atoms. The fourth-order valence-electron chi connectivity index (χ4n) is 2.93. The van der Waals surface area contributed by atoms with Crippen LogP contribution < -0.4 is 4.90 Å². The summed E-state index contributed by atoms with van der Waals surface area (Å²) in [5.74, 6) is 0.251. The molecule has 10 heteroatoms. The van der Waals surface area contributed by atoms with Gasteiger partial charge in [-0.1, -0.05) is 0 Å². The Labute approximate surface area is 191 Å².